The lowest BCUT2D eigenvalue weighted by Gasteiger charge is -2.14. The lowest BCUT2D eigenvalue weighted by Crippen LogP contribution is -2.28. The third-order valence-electron chi connectivity index (χ3n) is 4.99. The summed E-state index contributed by atoms with van der Waals surface area (Å²) in [4.78, 5) is 12.6. The van der Waals surface area contributed by atoms with Gasteiger partial charge in [0.25, 0.3) is 0 Å². The van der Waals surface area contributed by atoms with E-state index >= 15 is 0 Å². The number of rotatable bonds is 6. The molecule has 0 spiro atoms. The first-order valence-electron chi connectivity index (χ1n) is 9.32. The van der Waals surface area contributed by atoms with Crippen LogP contribution in [0.25, 0.3) is 5.69 Å². The number of ether oxygens (including phenoxy) is 1. The number of nitrogens with zero attached hydrogens (tertiary/aromatic N) is 3. The molecule has 1 atom stereocenters. The Kier molecular flexibility index (Phi) is 5.78. The fourth-order valence-corrected chi connectivity index (χ4v) is 4.69. The molecule has 1 aliphatic rings. The lowest BCUT2D eigenvalue weighted by molar-refractivity contribution is -0.119. The quantitative estimate of drug-likeness (QED) is 0.598. The van der Waals surface area contributed by atoms with Crippen molar-refractivity contribution in [2.24, 2.45) is 0 Å². The Morgan fingerprint density at radius 2 is 2.14 bits per heavy atom. The van der Waals surface area contributed by atoms with Gasteiger partial charge in [-0.3, -0.25) is 9.36 Å². The van der Waals surface area contributed by atoms with Crippen LogP contribution in [0.1, 0.15) is 29.4 Å². The molecule has 8 heteroatoms. The zero-order chi connectivity index (χ0) is 20.4. The Balaban J connectivity index is 1.44. The van der Waals surface area contributed by atoms with Crippen LogP contribution >= 0.6 is 23.4 Å². The number of benzene rings is 2. The van der Waals surface area contributed by atoms with E-state index < -0.39 is 0 Å². The molecule has 6 nitrogen and oxygen atoms in total. The first-order chi connectivity index (χ1) is 14.1. The molecule has 150 valence electrons. The maximum Gasteiger partial charge on any atom is 0.230 e. The Morgan fingerprint density at radius 1 is 1.31 bits per heavy atom. The van der Waals surface area contributed by atoms with Gasteiger partial charge in [-0.2, -0.15) is 0 Å². The highest BCUT2D eigenvalue weighted by Gasteiger charge is 2.25. The van der Waals surface area contributed by atoms with E-state index in [2.05, 4.69) is 15.5 Å². The van der Waals surface area contributed by atoms with Crippen molar-refractivity contribution in [1.82, 2.24) is 20.1 Å². The van der Waals surface area contributed by atoms with Crippen molar-refractivity contribution in [3.63, 3.8) is 0 Å². The average molecular weight is 429 g/mol. The first kappa shape index (κ1) is 19.8. The molecule has 0 saturated heterocycles. The van der Waals surface area contributed by atoms with Crippen LogP contribution in [0.3, 0.4) is 0 Å². The van der Waals surface area contributed by atoms with Crippen molar-refractivity contribution in [3.05, 3.63) is 64.4 Å². The van der Waals surface area contributed by atoms with Crippen molar-refractivity contribution in [2.75, 3.05) is 12.9 Å². The van der Waals surface area contributed by atoms with Gasteiger partial charge in [0.1, 0.15) is 11.6 Å². The summed E-state index contributed by atoms with van der Waals surface area (Å²) in [6.07, 6.45) is 1.75. The summed E-state index contributed by atoms with van der Waals surface area (Å²) in [5, 5.41) is 13.0. The highest BCUT2D eigenvalue weighted by molar-refractivity contribution is 7.99. The normalized spacial score (nSPS) is 15.2. The van der Waals surface area contributed by atoms with Gasteiger partial charge in [0, 0.05) is 11.1 Å². The molecule has 0 fully saturated rings. The van der Waals surface area contributed by atoms with Gasteiger partial charge in [0.15, 0.2) is 5.16 Å². The Bertz CT molecular complexity index is 1050. The number of hydrogen-bond donors (Lipinski definition) is 1. The number of halogens is 1. The monoisotopic (exact) mass is 428 g/mol. The van der Waals surface area contributed by atoms with E-state index in [0.717, 1.165) is 46.3 Å². The van der Waals surface area contributed by atoms with E-state index in [9.17, 15) is 4.79 Å². The number of fused-ring (bicyclic) bond motifs is 1. The summed E-state index contributed by atoms with van der Waals surface area (Å²) in [6.45, 7) is 1.88. The minimum absolute atomic E-state index is 0.00907. The largest absolute Gasteiger partial charge is 0.497 e. The number of methoxy groups -OCH3 is 1. The molecule has 1 aromatic heterocycles. The highest BCUT2D eigenvalue weighted by Crippen LogP contribution is 2.35. The molecule has 0 saturated carbocycles. The smallest absolute Gasteiger partial charge is 0.230 e. The second-order valence-electron chi connectivity index (χ2n) is 6.82. The van der Waals surface area contributed by atoms with Crippen molar-refractivity contribution in [1.29, 1.82) is 0 Å². The van der Waals surface area contributed by atoms with Gasteiger partial charge in [0.05, 0.1) is 24.6 Å². The Hall–Kier alpha value is -2.51. The molecule has 2 aromatic carbocycles. The predicted molar refractivity (Wildman–Crippen MR) is 114 cm³/mol. The SMILES string of the molecule is COc1cccc(-n2c(C)nnc2SCC(=O)NC2CCc3c(Cl)cccc32)c1. The van der Waals surface area contributed by atoms with Crippen molar-refractivity contribution < 1.29 is 9.53 Å². The fourth-order valence-electron chi connectivity index (χ4n) is 3.61. The van der Waals surface area contributed by atoms with Gasteiger partial charge >= 0.3 is 0 Å². The molecule has 0 aliphatic heterocycles. The number of hydrogen-bond acceptors (Lipinski definition) is 5. The predicted octanol–water partition coefficient (Wildman–Crippen LogP) is 4.13. The first-order valence-corrected chi connectivity index (χ1v) is 10.7. The number of nitrogens with one attached hydrogen (secondary N) is 1. The average Bonchev–Trinajstić information content (AvgIpc) is 3.31. The molecule has 29 heavy (non-hydrogen) atoms. The molecular weight excluding hydrogens is 408 g/mol. The number of aryl methyl sites for hydroxylation is 1. The van der Waals surface area contributed by atoms with Gasteiger partial charge in [-0.25, -0.2) is 0 Å². The van der Waals surface area contributed by atoms with E-state index in [4.69, 9.17) is 16.3 Å². The molecule has 1 heterocycles. The molecule has 1 N–H and O–H groups in total. The Labute approximate surface area is 178 Å². The van der Waals surface area contributed by atoms with E-state index in [1.54, 1.807) is 7.11 Å². The van der Waals surface area contributed by atoms with Gasteiger partial charge < -0.3 is 10.1 Å². The fraction of sp³-hybridized carbons (Fsp3) is 0.286. The van der Waals surface area contributed by atoms with E-state index in [-0.39, 0.29) is 17.7 Å². The molecule has 1 amide bonds. The van der Waals surface area contributed by atoms with Gasteiger partial charge in [-0.05, 0) is 49.1 Å². The van der Waals surface area contributed by atoms with Crippen LogP contribution in [0.2, 0.25) is 5.02 Å². The topological polar surface area (TPSA) is 69.0 Å². The molecule has 0 bridgehead atoms. The number of carbonyl (C=O) groups excluding carboxylic acids is 1. The van der Waals surface area contributed by atoms with Crippen LogP contribution in [0, 0.1) is 6.92 Å². The van der Waals surface area contributed by atoms with E-state index in [1.165, 1.54) is 11.8 Å². The summed E-state index contributed by atoms with van der Waals surface area (Å²) in [7, 11) is 1.63. The molecular formula is C21H21ClN4O2S. The molecule has 1 aliphatic carbocycles. The minimum Gasteiger partial charge on any atom is -0.497 e. The summed E-state index contributed by atoms with van der Waals surface area (Å²) in [6, 6.07) is 13.5. The summed E-state index contributed by atoms with van der Waals surface area (Å²) >= 11 is 7.63. The lowest BCUT2D eigenvalue weighted by atomic mass is 10.1. The standard InChI is InChI=1S/C21H21ClN4O2S/c1-13-24-25-21(26(13)14-5-3-6-15(11-14)28-2)29-12-20(27)23-19-10-9-16-17(19)7-4-8-18(16)22/h3-8,11,19H,9-10,12H2,1-2H3,(H,23,27). The van der Waals surface area contributed by atoms with Crippen molar-refractivity contribution >= 4 is 29.3 Å². The summed E-state index contributed by atoms with van der Waals surface area (Å²) in [5.41, 5.74) is 3.15. The molecule has 4 rings (SSSR count). The third-order valence-corrected chi connectivity index (χ3v) is 6.27. The summed E-state index contributed by atoms with van der Waals surface area (Å²) < 4.78 is 7.23. The maximum atomic E-state index is 12.6. The number of amides is 1. The van der Waals surface area contributed by atoms with Gasteiger partial charge in [0.2, 0.25) is 5.91 Å². The van der Waals surface area contributed by atoms with Crippen LogP contribution in [0.4, 0.5) is 0 Å². The molecule has 1 unspecified atom stereocenters. The summed E-state index contributed by atoms with van der Waals surface area (Å²) in [5.74, 6) is 1.73. The van der Waals surface area contributed by atoms with Crippen molar-refractivity contribution in [2.45, 2.75) is 31.0 Å². The zero-order valence-corrected chi connectivity index (χ0v) is 17.8. The number of thioether (sulfide) groups is 1. The van der Waals surface area contributed by atoms with E-state index in [0.29, 0.717) is 5.16 Å². The van der Waals surface area contributed by atoms with Crippen LogP contribution in [-0.4, -0.2) is 33.5 Å². The Morgan fingerprint density at radius 3 is 2.97 bits per heavy atom. The third kappa shape index (κ3) is 4.11. The number of carbonyl (C=O) groups is 1. The highest BCUT2D eigenvalue weighted by atomic mass is 35.5. The van der Waals surface area contributed by atoms with E-state index in [1.807, 2.05) is 54.0 Å². The second kappa shape index (κ2) is 8.47. The zero-order valence-electron chi connectivity index (χ0n) is 16.2. The van der Waals surface area contributed by atoms with Gasteiger partial charge in [-0.15, -0.1) is 10.2 Å². The van der Waals surface area contributed by atoms with Gasteiger partial charge in [-0.1, -0.05) is 41.6 Å². The minimum atomic E-state index is -0.0364. The maximum absolute atomic E-state index is 12.6. The molecule has 3 aromatic rings. The van der Waals surface area contributed by atoms with Crippen molar-refractivity contribution in [3.8, 4) is 11.4 Å². The van der Waals surface area contributed by atoms with Crippen LogP contribution in [-0.2, 0) is 11.2 Å². The molecule has 0 radical (unpaired) electrons. The van der Waals surface area contributed by atoms with Crippen LogP contribution in [0.15, 0.2) is 47.6 Å². The van der Waals surface area contributed by atoms with Crippen LogP contribution in [0.5, 0.6) is 5.75 Å². The van der Waals surface area contributed by atoms with Crippen LogP contribution < -0.4 is 10.1 Å². The number of aromatic nitrogens is 3. The second-order valence-corrected chi connectivity index (χ2v) is 8.17.